The van der Waals surface area contributed by atoms with E-state index in [1.807, 2.05) is 36.3 Å². The van der Waals surface area contributed by atoms with E-state index < -0.39 is 0 Å². The number of pyridine rings is 1. The molecule has 1 aliphatic heterocycles. The van der Waals surface area contributed by atoms with Crippen molar-refractivity contribution in [3.8, 4) is 11.4 Å². The molecule has 1 saturated heterocycles. The molecule has 3 heterocycles. The molecule has 1 atom stereocenters. The molecule has 1 saturated carbocycles. The van der Waals surface area contributed by atoms with Gasteiger partial charge in [-0.1, -0.05) is 11.8 Å². The van der Waals surface area contributed by atoms with E-state index in [0.29, 0.717) is 6.04 Å². The van der Waals surface area contributed by atoms with Gasteiger partial charge in [0, 0.05) is 35.8 Å². The highest BCUT2D eigenvalue weighted by atomic mass is 32.2. The van der Waals surface area contributed by atoms with Gasteiger partial charge < -0.3 is 4.90 Å². The van der Waals surface area contributed by atoms with Gasteiger partial charge in [-0.05, 0) is 57.8 Å². The monoisotopic (exact) mass is 329 g/mol. The summed E-state index contributed by atoms with van der Waals surface area (Å²) in [5.41, 5.74) is 1.11. The van der Waals surface area contributed by atoms with Crippen molar-refractivity contribution >= 4 is 11.8 Å². The van der Waals surface area contributed by atoms with Gasteiger partial charge in [0.2, 0.25) is 0 Å². The van der Waals surface area contributed by atoms with Crippen LogP contribution < -0.4 is 0 Å². The first kappa shape index (κ1) is 15.1. The lowest BCUT2D eigenvalue weighted by Gasteiger charge is -2.18. The molecule has 2 aliphatic rings. The normalized spacial score (nSPS) is 21.9. The maximum Gasteiger partial charge on any atom is 0.191 e. The summed E-state index contributed by atoms with van der Waals surface area (Å²) >= 11 is 1.87. The van der Waals surface area contributed by atoms with Crippen molar-refractivity contribution < 1.29 is 0 Å². The number of aromatic nitrogens is 4. The third kappa shape index (κ3) is 3.28. The van der Waals surface area contributed by atoms with E-state index in [1.165, 1.54) is 38.6 Å². The fraction of sp³-hybridized carbons (Fsp3) is 0.588. The maximum atomic E-state index is 4.48. The predicted molar refractivity (Wildman–Crippen MR) is 92.5 cm³/mol. The second-order valence-electron chi connectivity index (χ2n) is 6.56. The third-order valence-corrected chi connectivity index (χ3v) is 5.85. The van der Waals surface area contributed by atoms with Gasteiger partial charge in [0.05, 0.1) is 0 Å². The predicted octanol–water partition coefficient (Wildman–Crippen LogP) is 3.25. The second-order valence-corrected chi connectivity index (χ2v) is 7.62. The molecule has 1 aliphatic carbocycles. The molecule has 2 aromatic rings. The molecule has 4 rings (SSSR count). The van der Waals surface area contributed by atoms with Gasteiger partial charge >= 0.3 is 0 Å². The van der Waals surface area contributed by atoms with Crippen LogP contribution in [0.5, 0.6) is 0 Å². The van der Waals surface area contributed by atoms with Crippen LogP contribution >= 0.6 is 11.8 Å². The fourth-order valence-corrected chi connectivity index (χ4v) is 4.41. The van der Waals surface area contributed by atoms with Crippen LogP contribution in [0, 0.1) is 0 Å². The number of rotatable bonds is 6. The lowest BCUT2D eigenvalue weighted by Crippen LogP contribution is -2.25. The molecule has 0 spiro atoms. The van der Waals surface area contributed by atoms with Crippen molar-refractivity contribution in [1.82, 2.24) is 24.6 Å². The van der Waals surface area contributed by atoms with Crippen molar-refractivity contribution in [2.75, 3.05) is 19.3 Å². The van der Waals surface area contributed by atoms with Gasteiger partial charge in [0.25, 0.3) is 0 Å². The smallest absolute Gasteiger partial charge is 0.191 e. The zero-order valence-corrected chi connectivity index (χ0v) is 14.4. The highest BCUT2D eigenvalue weighted by Crippen LogP contribution is 2.41. The molecule has 122 valence electrons. The van der Waals surface area contributed by atoms with E-state index >= 15 is 0 Å². The van der Waals surface area contributed by atoms with Crippen LogP contribution in [0.1, 0.15) is 38.1 Å². The minimum atomic E-state index is 0.588. The lowest BCUT2D eigenvalue weighted by atomic mass is 10.2. The molecule has 0 amide bonds. The Balaban J connectivity index is 1.47. The second kappa shape index (κ2) is 6.61. The van der Waals surface area contributed by atoms with Crippen molar-refractivity contribution in [1.29, 1.82) is 0 Å². The molecule has 23 heavy (non-hydrogen) atoms. The summed E-state index contributed by atoms with van der Waals surface area (Å²) in [4.78, 5) is 6.60. The standard InChI is InChI=1S/C17H23N5S/c1-21-11-2-3-14(21)8-12-23-17-20-19-16(22(17)15-4-5-15)13-6-9-18-10-7-13/h6-7,9-10,14-15H,2-5,8,11-12H2,1H3/t14-/m0/s1. The van der Waals surface area contributed by atoms with Gasteiger partial charge in [0.1, 0.15) is 0 Å². The fourth-order valence-electron chi connectivity index (χ4n) is 3.37. The number of likely N-dealkylation sites (tertiary alicyclic amines) is 1. The minimum Gasteiger partial charge on any atom is -0.303 e. The van der Waals surface area contributed by atoms with Gasteiger partial charge in [-0.2, -0.15) is 0 Å². The Labute approximate surface area is 141 Å². The summed E-state index contributed by atoms with van der Waals surface area (Å²) in [5, 5.41) is 10.0. The average Bonchev–Trinajstić information content (AvgIpc) is 3.21. The first-order valence-electron chi connectivity index (χ1n) is 8.51. The molecule has 0 radical (unpaired) electrons. The molecular formula is C17H23N5S. The van der Waals surface area contributed by atoms with Gasteiger partial charge in [-0.15, -0.1) is 10.2 Å². The largest absolute Gasteiger partial charge is 0.303 e. The van der Waals surface area contributed by atoms with E-state index in [0.717, 1.165) is 28.3 Å². The van der Waals surface area contributed by atoms with E-state index in [4.69, 9.17) is 0 Å². The summed E-state index contributed by atoms with van der Waals surface area (Å²) in [5.74, 6) is 2.12. The summed E-state index contributed by atoms with van der Waals surface area (Å²) in [6.07, 6.45) is 10.1. The van der Waals surface area contributed by atoms with Crippen molar-refractivity contribution in [3.05, 3.63) is 24.5 Å². The van der Waals surface area contributed by atoms with Crippen LogP contribution in [0.4, 0.5) is 0 Å². The molecule has 0 aromatic carbocycles. The molecular weight excluding hydrogens is 306 g/mol. The first-order chi connectivity index (χ1) is 11.3. The average molecular weight is 329 g/mol. The zero-order valence-electron chi connectivity index (χ0n) is 13.6. The van der Waals surface area contributed by atoms with E-state index in [1.54, 1.807) is 0 Å². The Kier molecular flexibility index (Phi) is 4.35. The van der Waals surface area contributed by atoms with E-state index in [9.17, 15) is 0 Å². The van der Waals surface area contributed by atoms with Crippen LogP contribution in [0.25, 0.3) is 11.4 Å². The van der Waals surface area contributed by atoms with Crippen molar-refractivity contribution in [3.63, 3.8) is 0 Å². The van der Waals surface area contributed by atoms with Crippen LogP contribution in [0.15, 0.2) is 29.7 Å². The highest BCUT2D eigenvalue weighted by molar-refractivity contribution is 7.99. The molecule has 5 nitrogen and oxygen atoms in total. The van der Waals surface area contributed by atoms with Gasteiger partial charge in [0.15, 0.2) is 11.0 Å². The van der Waals surface area contributed by atoms with Crippen molar-refractivity contribution in [2.24, 2.45) is 0 Å². The van der Waals surface area contributed by atoms with Crippen LogP contribution in [-0.4, -0.2) is 50.0 Å². The zero-order chi connectivity index (χ0) is 15.6. The molecule has 2 aromatic heterocycles. The number of thioether (sulfide) groups is 1. The van der Waals surface area contributed by atoms with Crippen molar-refractivity contribution in [2.45, 2.75) is 49.3 Å². The summed E-state index contributed by atoms with van der Waals surface area (Å²) in [7, 11) is 2.25. The molecule has 0 bridgehead atoms. The SMILES string of the molecule is CN1CCC[C@H]1CCSc1nnc(-c2ccncc2)n1C1CC1. The Morgan fingerprint density at radius 3 is 2.70 bits per heavy atom. The molecule has 6 heteroatoms. The van der Waals surface area contributed by atoms with Crippen LogP contribution in [0.3, 0.4) is 0 Å². The first-order valence-corrected chi connectivity index (χ1v) is 9.50. The van der Waals surface area contributed by atoms with E-state index in [2.05, 4.69) is 31.7 Å². The summed E-state index contributed by atoms with van der Waals surface area (Å²) in [6.45, 7) is 1.25. The van der Waals surface area contributed by atoms with Crippen LogP contribution in [0.2, 0.25) is 0 Å². The molecule has 2 fully saturated rings. The summed E-state index contributed by atoms with van der Waals surface area (Å²) in [6, 6.07) is 5.37. The van der Waals surface area contributed by atoms with Gasteiger partial charge in [-0.3, -0.25) is 9.55 Å². The summed E-state index contributed by atoms with van der Waals surface area (Å²) < 4.78 is 2.35. The Bertz CT molecular complexity index is 652. The van der Waals surface area contributed by atoms with E-state index in [-0.39, 0.29) is 0 Å². The number of hydrogen-bond donors (Lipinski definition) is 0. The third-order valence-electron chi connectivity index (χ3n) is 4.87. The van der Waals surface area contributed by atoms with Crippen LogP contribution in [-0.2, 0) is 0 Å². The van der Waals surface area contributed by atoms with Gasteiger partial charge in [-0.25, -0.2) is 0 Å². The maximum absolute atomic E-state index is 4.48. The number of hydrogen-bond acceptors (Lipinski definition) is 5. The highest BCUT2D eigenvalue weighted by Gasteiger charge is 2.30. The topological polar surface area (TPSA) is 46.8 Å². The molecule has 0 N–H and O–H groups in total. The quantitative estimate of drug-likeness (QED) is 0.761. The molecule has 0 unspecified atom stereocenters. The minimum absolute atomic E-state index is 0.588. The Morgan fingerprint density at radius 2 is 2.00 bits per heavy atom. The number of nitrogens with zero attached hydrogens (tertiary/aromatic N) is 5. The Hall–Kier alpha value is -1.40. The Morgan fingerprint density at radius 1 is 1.17 bits per heavy atom. The lowest BCUT2D eigenvalue weighted by molar-refractivity contribution is 0.305.